The Bertz CT molecular complexity index is 747. The summed E-state index contributed by atoms with van der Waals surface area (Å²) in [6.45, 7) is 0.639. The Morgan fingerprint density at radius 3 is 2.55 bits per heavy atom. The van der Waals surface area contributed by atoms with Gasteiger partial charge in [-0.1, -0.05) is 24.3 Å². The van der Waals surface area contributed by atoms with Crippen LogP contribution in [0.1, 0.15) is 5.56 Å². The van der Waals surface area contributed by atoms with Crippen LogP contribution in [-0.2, 0) is 6.54 Å². The second kappa shape index (κ2) is 5.36. The molecule has 3 aromatic rings. The molecule has 0 saturated carbocycles. The van der Waals surface area contributed by atoms with Crippen LogP contribution in [0.4, 0.5) is 0 Å². The van der Waals surface area contributed by atoms with Crippen molar-refractivity contribution in [3.63, 3.8) is 0 Å². The van der Waals surface area contributed by atoms with Gasteiger partial charge in [0.1, 0.15) is 5.75 Å². The Hall–Kier alpha value is -1.69. The number of methoxy groups -OCH3 is 1. The summed E-state index contributed by atoms with van der Waals surface area (Å²) < 4.78 is 8.08. The smallest absolute Gasteiger partial charge is 0.200 e. The monoisotopic (exact) mass is 379 g/mol. The first kappa shape index (κ1) is 13.3. The SMILES string of the molecule is COc1ccc(Cn2cc3cccc(I)c3c2O)cc1. The van der Waals surface area contributed by atoms with Crippen LogP contribution in [0.2, 0.25) is 0 Å². The standard InChI is InChI=1S/C16H14INO2/c1-20-13-7-5-11(6-8-13)9-18-10-12-3-2-4-14(17)15(12)16(18)19/h2-8,10,19H,9H2,1H3. The van der Waals surface area contributed by atoms with Crippen LogP contribution in [0.15, 0.2) is 48.7 Å². The van der Waals surface area contributed by atoms with E-state index in [4.69, 9.17) is 4.74 Å². The van der Waals surface area contributed by atoms with Crippen molar-refractivity contribution in [2.45, 2.75) is 6.54 Å². The van der Waals surface area contributed by atoms with Crippen LogP contribution in [-0.4, -0.2) is 16.8 Å². The number of aromatic hydroxyl groups is 1. The summed E-state index contributed by atoms with van der Waals surface area (Å²) in [5, 5.41) is 12.3. The van der Waals surface area contributed by atoms with Gasteiger partial charge in [0.2, 0.25) is 0 Å². The topological polar surface area (TPSA) is 34.4 Å². The van der Waals surface area contributed by atoms with Crippen LogP contribution in [0.25, 0.3) is 10.8 Å². The quantitative estimate of drug-likeness (QED) is 0.698. The van der Waals surface area contributed by atoms with Gasteiger partial charge in [-0.3, -0.25) is 0 Å². The number of halogens is 1. The van der Waals surface area contributed by atoms with Crippen molar-refractivity contribution in [3.05, 3.63) is 57.8 Å². The number of benzene rings is 2. The fourth-order valence-electron chi connectivity index (χ4n) is 2.31. The summed E-state index contributed by atoms with van der Waals surface area (Å²) in [6.07, 6.45) is 1.98. The molecular formula is C16H14INO2. The molecule has 3 rings (SSSR count). The average Bonchev–Trinajstić information content (AvgIpc) is 2.78. The zero-order chi connectivity index (χ0) is 14.1. The van der Waals surface area contributed by atoms with E-state index in [1.54, 1.807) is 7.11 Å². The summed E-state index contributed by atoms with van der Waals surface area (Å²) in [7, 11) is 1.65. The highest BCUT2D eigenvalue weighted by molar-refractivity contribution is 14.1. The highest BCUT2D eigenvalue weighted by atomic mass is 127. The summed E-state index contributed by atoms with van der Waals surface area (Å²) in [4.78, 5) is 0. The predicted octanol–water partition coefficient (Wildman–Crippen LogP) is 4.01. The first-order chi connectivity index (χ1) is 9.69. The molecule has 1 heterocycles. The van der Waals surface area contributed by atoms with E-state index in [0.29, 0.717) is 12.4 Å². The molecule has 0 spiro atoms. The Labute approximate surface area is 130 Å². The van der Waals surface area contributed by atoms with Crippen molar-refractivity contribution >= 4 is 33.4 Å². The van der Waals surface area contributed by atoms with Gasteiger partial charge in [0.25, 0.3) is 0 Å². The van der Waals surface area contributed by atoms with E-state index in [2.05, 4.69) is 22.6 Å². The Kier molecular flexibility index (Phi) is 3.56. The van der Waals surface area contributed by atoms with Crippen molar-refractivity contribution < 1.29 is 9.84 Å². The number of rotatable bonds is 3. The fraction of sp³-hybridized carbons (Fsp3) is 0.125. The van der Waals surface area contributed by atoms with Crippen molar-refractivity contribution in [2.24, 2.45) is 0 Å². The van der Waals surface area contributed by atoms with E-state index < -0.39 is 0 Å². The second-order valence-corrected chi connectivity index (χ2v) is 5.79. The molecule has 20 heavy (non-hydrogen) atoms. The molecule has 0 atom stereocenters. The molecule has 102 valence electrons. The zero-order valence-electron chi connectivity index (χ0n) is 11.0. The molecule has 1 N–H and O–H groups in total. The lowest BCUT2D eigenvalue weighted by molar-refractivity contribution is 0.414. The highest BCUT2D eigenvalue weighted by Crippen LogP contribution is 2.31. The van der Waals surface area contributed by atoms with Crippen molar-refractivity contribution in [1.29, 1.82) is 0 Å². The summed E-state index contributed by atoms with van der Waals surface area (Å²) in [5.74, 6) is 1.16. The van der Waals surface area contributed by atoms with Crippen LogP contribution in [0.3, 0.4) is 0 Å². The third kappa shape index (κ3) is 2.35. The van der Waals surface area contributed by atoms with Gasteiger partial charge in [-0.05, 0) is 46.4 Å². The van der Waals surface area contributed by atoms with E-state index in [1.165, 1.54) is 0 Å². The molecule has 0 fully saturated rings. The molecule has 4 heteroatoms. The summed E-state index contributed by atoms with van der Waals surface area (Å²) in [5.41, 5.74) is 1.12. The molecule has 0 bridgehead atoms. The second-order valence-electron chi connectivity index (χ2n) is 4.63. The first-order valence-corrected chi connectivity index (χ1v) is 7.36. The third-order valence-electron chi connectivity index (χ3n) is 3.35. The number of nitrogens with zero attached hydrogens (tertiary/aromatic N) is 1. The van der Waals surface area contributed by atoms with E-state index in [9.17, 15) is 5.11 Å². The molecule has 0 amide bonds. The van der Waals surface area contributed by atoms with E-state index in [1.807, 2.05) is 53.2 Å². The van der Waals surface area contributed by atoms with Gasteiger partial charge in [-0.25, -0.2) is 0 Å². The molecule has 0 aliphatic carbocycles. The molecule has 0 radical (unpaired) electrons. The first-order valence-electron chi connectivity index (χ1n) is 6.28. The minimum atomic E-state index is 0.320. The Morgan fingerprint density at radius 2 is 1.90 bits per heavy atom. The Morgan fingerprint density at radius 1 is 1.15 bits per heavy atom. The molecule has 0 aliphatic heterocycles. The maximum atomic E-state index is 10.4. The molecule has 1 aromatic heterocycles. The van der Waals surface area contributed by atoms with Gasteiger partial charge in [-0.2, -0.15) is 0 Å². The summed E-state index contributed by atoms with van der Waals surface area (Å²) >= 11 is 2.25. The number of hydrogen-bond donors (Lipinski definition) is 1. The normalized spacial score (nSPS) is 10.9. The third-order valence-corrected chi connectivity index (χ3v) is 4.25. The molecule has 0 aliphatic rings. The predicted molar refractivity (Wildman–Crippen MR) is 88.4 cm³/mol. The average molecular weight is 379 g/mol. The molecule has 3 nitrogen and oxygen atoms in total. The minimum Gasteiger partial charge on any atom is -0.497 e. The zero-order valence-corrected chi connectivity index (χ0v) is 13.2. The van der Waals surface area contributed by atoms with Crippen molar-refractivity contribution in [2.75, 3.05) is 7.11 Å². The van der Waals surface area contributed by atoms with Gasteiger partial charge in [0.15, 0.2) is 5.88 Å². The maximum absolute atomic E-state index is 10.4. The van der Waals surface area contributed by atoms with E-state index >= 15 is 0 Å². The number of fused-ring (bicyclic) bond motifs is 1. The van der Waals surface area contributed by atoms with Crippen molar-refractivity contribution in [3.8, 4) is 11.6 Å². The maximum Gasteiger partial charge on any atom is 0.200 e. The van der Waals surface area contributed by atoms with Crippen LogP contribution in [0.5, 0.6) is 11.6 Å². The highest BCUT2D eigenvalue weighted by Gasteiger charge is 2.11. The minimum absolute atomic E-state index is 0.320. The number of aromatic nitrogens is 1. The lowest BCUT2D eigenvalue weighted by atomic mass is 10.2. The lowest BCUT2D eigenvalue weighted by Gasteiger charge is -2.06. The van der Waals surface area contributed by atoms with E-state index in [-0.39, 0.29) is 0 Å². The molecular weight excluding hydrogens is 365 g/mol. The van der Waals surface area contributed by atoms with Gasteiger partial charge in [0, 0.05) is 15.2 Å². The van der Waals surface area contributed by atoms with Crippen LogP contribution < -0.4 is 4.74 Å². The van der Waals surface area contributed by atoms with Crippen LogP contribution in [0, 0.1) is 3.57 Å². The Balaban J connectivity index is 1.98. The largest absolute Gasteiger partial charge is 0.497 e. The fourth-order valence-corrected chi connectivity index (χ4v) is 3.07. The number of hydrogen-bond acceptors (Lipinski definition) is 2. The van der Waals surface area contributed by atoms with E-state index in [0.717, 1.165) is 25.7 Å². The van der Waals surface area contributed by atoms with Gasteiger partial charge < -0.3 is 14.4 Å². The van der Waals surface area contributed by atoms with Crippen molar-refractivity contribution in [1.82, 2.24) is 4.57 Å². The molecule has 0 unspecified atom stereocenters. The summed E-state index contributed by atoms with van der Waals surface area (Å²) in [6, 6.07) is 13.9. The lowest BCUT2D eigenvalue weighted by Crippen LogP contribution is -1.97. The molecule has 0 saturated heterocycles. The van der Waals surface area contributed by atoms with Crippen LogP contribution >= 0.6 is 22.6 Å². The van der Waals surface area contributed by atoms with Gasteiger partial charge >= 0.3 is 0 Å². The number of ether oxygens (including phenoxy) is 1. The van der Waals surface area contributed by atoms with Gasteiger partial charge in [0.05, 0.1) is 19.0 Å². The molecule has 2 aromatic carbocycles. The van der Waals surface area contributed by atoms with Gasteiger partial charge in [-0.15, -0.1) is 0 Å².